The molecule has 1 rings (SSSR count). The molecule has 0 saturated heterocycles. The van der Waals surface area contributed by atoms with Gasteiger partial charge in [-0.1, -0.05) is 49.2 Å². The molecule has 0 saturated carbocycles. The lowest BCUT2D eigenvalue weighted by molar-refractivity contribution is 0.548. The minimum atomic E-state index is 0.736. The highest BCUT2D eigenvalue weighted by Gasteiger charge is 2.10. The first-order valence-corrected chi connectivity index (χ1v) is 8.65. The summed E-state index contributed by atoms with van der Waals surface area (Å²) in [6, 6.07) is 6.75. The smallest absolute Gasteiger partial charge is 0.0377 e. The summed E-state index contributed by atoms with van der Waals surface area (Å²) in [6.45, 7) is 13.2. The molecule has 0 aromatic heterocycles. The van der Waals surface area contributed by atoms with Gasteiger partial charge in [0.1, 0.15) is 0 Å². The molecule has 114 valence electrons. The van der Waals surface area contributed by atoms with Crippen molar-refractivity contribution in [2.24, 2.45) is 5.92 Å². The van der Waals surface area contributed by atoms with Crippen molar-refractivity contribution < 1.29 is 0 Å². The molecule has 1 aromatic rings. The second kappa shape index (κ2) is 9.41. The molecule has 1 atom stereocenters. The topological polar surface area (TPSA) is 15.3 Å². The predicted octanol–water partition coefficient (Wildman–Crippen LogP) is 4.82. The van der Waals surface area contributed by atoms with Gasteiger partial charge in [0.05, 0.1) is 0 Å². The molecule has 0 heterocycles. The first-order chi connectivity index (χ1) is 9.62. The molecule has 0 aliphatic heterocycles. The van der Waals surface area contributed by atoms with Gasteiger partial charge in [-0.15, -0.1) is 0 Å². The summed E-state index contributed by atoms with van der Waals surface area (Å²) in [5.41, 5.74) is 2.65. The molecule has 3 heteroatoms. The zero-order valence-electron chi connectivity index (χ0n) is 13.4. The summed E-state index contributed by atoms with van der Waals surface area (Å²) in [5, 5.41) is 3.45. The Hall–Kier alpha value is -0.540. The molecule has 1 unspecified atom stereocenters. The maximum atomic E-state index is 3.71. The molecule has 1 aromatic carbocycles. The van der Waals surface area contributed by atoms with Crippen molar-refractivity contribution in [2.45, 2.75) is 47.1 Å². The summed E-state index contributed by atoms with van der Waals surface area (Å²) in [4.78, 5) is 2.46. The van der Waals surface area contributed by atoms with Crippen molar-refractivity contribution in [3.63, 3.8) is 0 Å². The van der Waals surface area contributed by atoms with Crippen LogP contribution in [0.5, 0.6) is 0 Å². The van der Waals surface area contributed by atoms with E-state index in [0.29, 0.717) is 0 Å². The summed E-state index contributed by atoms with van der Waals surface area (Å²) < 4.78 is 1.21. The van der Waals surface area contributed by atoms with Crippen LogP contribution >= 0.6 is 15.9 Å². The van der Waals surface area contributed by atoms with E-state index in [9.17, 15) is 0 Å². The molecule has 0 spiro atoms. The van der Waals surface area contributed by atoms with Gasteiger partial charge < -0.3 is 10.2 Å². The van der Waals surface area contributed by atoms with Crippen LogP contribution in [0.25, 0.3) is 0 Å². The highest BCUT2D eigenvalue weighted by Crippen LogP contribution is 2.25. The van der Waals surface area contributed by atoms with E-state index in [1.807, 2.05) is 0 Å². The SMILES string of the molecule is CCCNCc1ccc(N(CC)CC(C)CC)cc1Br. The summed E-state index contributed by atoms with van der Waals surface area (Å²) in [6.07, 6.45) is 2.41. The third kappa shape index (κ3) is 5.45. The molecule has 0 aliphatic carbocycles. The number of anilines is 1. The molecule has 0 radical (unpaired) electrons. The van der Waals surface area contributed by atoms with E-state index in [1.54, 1.807) is 0 Å². The van der Waals surface area contributed by atoms with Crippen LogP contribution in [0, 0.1) is 5.92 Å². The van der Waals surface area contributed by atoms with Gasteiger partial charge >= 0.3 is 0 Å². The second-order valence-electron chi connectivity index (χ2n) is 5.50. The standard InChI is InChI=1S/C17H29BrN2/c1-5-10-19-12-15-8-9-16(11-17(15)18)20(7-3)13-14(4)6-2/h8-9,11,14,19H,5-7,10,12-13H2,1-4H3. The van der Waals surface area contributed by atoms with Crippen LogP contribution in [-0.4, -0.2) is 19.6 Å². The van der Waals surface area contributed by atoms with Crippen molar-refractivity contribution >= 4 is 21.6 Å². The van der Waals surface area contributed by atoms with Crippen LogP contribution in [0.1, 0.15) is 46.1 Å². The Balaban J connectivity index is 2.73. The quantitative estimate of drug-likeness (QED) is 0.648. The van der Waals surface area contributed by atoms with E-state index >= 15 is 0 Å². The summed E-state index contributed by atoms with van der Waals surface area (Å²) in [5.74, 6) is 0.736. The molecular weight excluding hydrogens is 312 g/mol. The van der Waals surface area contributed by atoms with Crippen molar-refractivity contribution in [3.8, 4) is 0 Å². The fourth-order valence-corrected chi connectivity index (χ4v) is 2.71. The molecule has 2 nitrogen and oxygen atoms in total. The van der Waals surface area contributed by atoms with Crippen molar-refractivity contribution in [1.82, 2.24) is 5.32 Å². The van der Waals surface area contributed by atoms with Gasteiger partial charge in [-0.05, 0) is 43.5 Å². The molecule has 0 fully saturated rings. The van der Waals surface area contributed by atoms with Crippen LogP contribution < -0.4 is 10.2 Å². The zero-order valence-corrected chi connectivity index (χ0v) is 15.0. The number of benzene rings is 1. The Morgan fingerprint density at radius 2 is 2.00 bits per heavy atom. The van der Waals surface area contributed by atoms with Crippen molar-refractivity contribution in [1.29, 1.82) is 0 Å². The lowest BCUT2D eigenvalue weighted by Crippen LogP contribution is -2.28. The average Bonchev–Trinajstić information content (AvgIpc) is 2.46. The van der Waals surface area contributed by atoms with E-state index in [2.05, 4.69) is 72.0 Å². The fraction of sp³-hybridized carbons (Fsp3) is 0.647. The van der Waals surface area contributed by atoms with Gasteiger partial charge in [0.2, 0.25) is 0 Å². The van der Waals surface area contributed by atoms with Crippen LogP contribution in [0.15, 0.2) is 22.7 Å². The van der Waals surface area contributed by atoms with E-state index in [-0.39, 0.29) is 0 Å². The molecule has 20 heavy (non-hydrogen) atoms. The Bertz CT molecular complexity index is 393. The molecule has 0 bridgehead atoms. The third-order valence-electron chi connectivity index (χ3n) is 3.75. The zero-order chi connectivity index (χ0) is 15.0. The maximum Gasteiger partial charge on any atom is 0.0377 e. The van der Waals surface area contributed by atoms with E-state index in [4.69, 9.17) is 0 Å². The molecular formula is C17H29BrN2. The second-order valence-corrected chi connectivity index (χ2v) is 6.36. The number of halogens is 1. The van der Waals surface area contributed by atoms with Crippen LogP contribution in [0.4, 0.5) is 5.69 Å². The first-order valence-electron chi connectivity index (χ1n) is 7.86. The Morgan fingerprint density at radius 1 is 1.25 bits per heavy atom. The van der Waals surface area contributed by atoms with Gasteiger partial charge in [0.15, 0.2) is 0 Å². The maximum absolute atomic E-state index is 3.71. The highest BCUT2D eigenvalue weighted by molar-refractivity contribution is 9.10. The normalized spacial score (nSPS) is 12.4. The minimum absolute atomic E-state index is 0.736. The van der Waals surface area contributed by atoms with Crippen molar-refractivity contribution in [3.05, 3.63) is 28.2 Å². The number of hydrogen-bond donors (Lipinski definition) is 1. The van der Waals surface area contributed by atoms with Crippen LogP contribution in [-0.2, 0) is 6.54 Å². The Morgan fingerprint density at radius 3 is 2.55 bits per heavy atom. The average molecular weight is 341 g/mol. The summed E-state index contributed by atoms with van der Waals surface area (Å²) >= 11 is 3.71. The molecule has 0 amide bonds. The van der Waals surface area contributed by atoms with E-state index < -0.39 is 0 Å². The van der Waals surface area contributed by atoms with Crippen LogP contribution in [0.3, 0.4) is 0 Å². The number of nitrogens with zero attached hydrogens (tertiary/aromatic N) is 1. The van der Waals surface area contributed by atoms with Crippen LogP contribution in [0.2, 0.25) is 0 Å². The van der Waals surface area contributed by atoms with Crippen molar-refractivity contribution in [2.75, 3.05) is 24.5 Å². The lowest BCUT2D eigenvalue weighted by atomic mass is 10.1. The minimum Gasteiger partial charge on any atom is -0.372 e. The van der Waals surface area contributed by atoms with Gasteiger partial charge in [-0.25, -0.2) is 0 Å². The monoisotopic (exact) mass is 340 g/mol. The largest absolute Gasteiger partial charge is 0.372 e. The summed E-state index contributed by atoms with van der Waals surface area (Å²) in [7, 11) is 0. The number of hydrogen-bond acceptors (Lipinski definition) is 2. The fourth-order valence-electron chi connectivity index (χ4n) is 2.20. The number of nitrogens with one attached hydrogen (secondary N) is 1. The molecule has 0 aliphatic rings. The first kappa shape index (κ1) is 17.5. The van der Waals surface area contributed by atoms with Gasteiger partial charge in [-0.3, -0.25) is 0 Å². The van der Waals surface area contributed by atoms with E-state index in [0.717, 1.165) is 32.1 Å². The predicted molar refractivity (Wildman–Crippen MR) is 93.5 cm³/mol. The highest BCUT2D eigenvalue weighted by atomic mass is 79.9. The number of rotatable bonds is 9. The molecule has 1 N–H and O–H groups in total. The lowest BCUT2D eigenvalue weighted by Gasteiger charge is -2.26. The van der Waals surface area contributed by atoms with Gasteiger partial charge in [-0.2, -0.15) is 0 Å². The van der Waals surface area contributed by atoms with Gasteiger partial charge in [0.25, 0.3) is 0 Å². The third-order valence-corrected chi connectivity index (χ3v) is 4.49. The van der Waals surface area contributed by atoms with Gasteiger partial charge in [0, 0.05) is 29.8 Å². The Labute approximate surface area is 133 Å². The Kier molecular flexibility index (Phi) is 8.24. The van der Waals surface area contributed by atoms with E-state index in [1.165, 1.54) is 28.6 Å².